The number of carbonyl (C=O) groups is 4. The fourth-order valence-electron chi connectivity index (χ4n) is 6.57. The maximum absolute atomic E-state index is 13.8. The molecule has 3 fully saturated rings. The summed E-state index contributed by atoms with van der Waals surface area (Å²) in [4.78, 5) is 57.1. The highest BCUT2D eigenvalue weighted by molar-refractivity contribution is 7.91. The Balaban J connectivity index is 1.20. The summed E-state index contributed by atoms with van der Waals surface area (Å²) in [6, 6.07) is 7.80. The van der Waals surface area contributed by atoms with Crippen molar-refractivity contribution >= 4 is 33.8 Å². The molecule has 11 nitrogen and oxygen atoms in total. The van der Waals surface area contributed by atoms with Gasteiger partial charge in [-0.05, 0) is 62.5 Å². The van der Waals surface area contributed by atoms with Crippen LogP contribution in [-0.2, 0) is 42.2 Å². The summed E-state index contributed by atoms with van der Waals surface area (Å²) in [7, 11) is -2.09. The molecule has 6 rings (SSSR count). The Morgan fingerprint density at radius 2 is 1.74 bits per heavy atom. The van der Waals surface area contributed by atoms with Crippen molar-refractivity contribution in [1.82, 2.24) is 19.8 Å². The van der Waals surface area contributed by atoms with Crippen LogP contribution in [0.4, 0.5) is 4.79 Å². The second-order valence-corrected chi connectivity index (χ2v) is 14.4. The summed E-state index contributed by atoms with van der Waals surface area (Å²) in [5.74, 6) is -3.33. The number of amides is 4. The first-order valence-corrected chi connectivity index (χ1v) is 16.4. The number of carbonyl (C=O) groups excluding carboxylic acids is 4. The number of hydrogen-bond donors (Lipinski definition) is 2. The largest absolute Gasteiger partial charge is 0.446 e. The van der Waals surface area contributed by atoms with Crippen LogP contribution in [0.1, 0.15) is 62.5 Å². The molecule has 0 spiro atoms. The standard InChI is InChI=1S/C30H38N4O7S/c1-33-13-7-3-2-4-10-21-16-30(21,28(37)32-42(39,40)23-11-12-23)31-26(35)24-14-22(15-25(24)27(33)36)41-29(38)34-17-19-8-5-6-9-20(19)18-34/h4-6,8-10,21-25H,2-3,7,11-18H2,1H3,(H,31,35)(H,32,37)/b10-4+. The Kier molecular flexibility index (Phi) is 7.53. The maximum Gasteiger partial charge on any atom is 0.410 e. The van der Waals surface area contributed by atoms with Gasteiger partial charge in [0.1, 0.15) is 11.6 Å². The first-order chi connectivity index (χ1) is 20.1. The molecule has 42 heavy (non-hydrogen) atoms. The lowest BCUT2D eigenvalue weighted by atomic mass is 9.93. The van der Waals surface area contributed by atoms with Crippen molar-refractivity contribution in [1.29, 1.82) is 0 Å². The fourth-order valence-corrected chi connectivity index (χ4v) is 7.93. The molecule has 2 heterocycles. The molecular formula is C30H38N4O7S. The lowest BCUT2D eigenvalue weighted by molar-refractivity contribution is -0.140. The van der Waals surface area contributed by atoms with Crippen LogP contribution in [-0.4, -0.2) is 72.5 Å². The van der Waals surface area contributed by atoms with E-state index in [-0.39, 0.29) is 31.1 Å². The first kappa shape index (κ1) is 28.7. The third-order valence-corrected chi connectivity index (χ3v) is 11.2. The van der Waals surface area contributed by atoms with Gasteiger partial charge in [-0.3, -0.25) is 24.0 Å². The number of hydrogen-bond acceptors (Lipinski definition) is 7. The summed E-state index contributed by atoms with van der Waals surface area (Å²) in [5.41, 5.74) is 0.728. The van der Waals surface area contributed by atoms with Crippen LogP contribution in [0.15, 0.2) is 36.4 Å². The van der Waals surface area contributed by atoms with Crippen molar-refractivity contribution in [2.75, 3.05) is 13.6 Å². The van der Waals surface area contributed by atoms with E-state index in [1.165, 1.54) is 0 Å². The van der Waals surface area contributed by atoms with Crippen molar-refractivity contribution in [2.45, 2.75) is 81.3 Å². The van der Waals surface area contributed by atoms with Crippen LogP contribution in [0, 0.1) is 17.8 Å². The second kappa shape index (κ2) is 11.0. The highest BCUT2D eigenvalue weighted by Gasteiger charge is 2.62. The van der Waals surface area contributed by atoms with Crippen molar-refractivity contribution in [3.05, 3.63) is 47.5 Å². The number of fused-ring (bicyclic) bond motifs is 3. The normalized spacial score (nSPS) is 32.1. The zero-order valence-corrected chi connectivity index (χ0v) is 24.6. The maximum atomic E-state index is 13.8. The van der Waals surface area contributed by atoms with Crippen LogP contribution >= 0.6 is 0 Å². The summed E-state index contributed by atoms with van der Waals surface area (Å²) in [5, 5.41) is 2.28. The van der Waals surface area contributed by atoms with E-state index < -0.39 is 56.7 Å². The summed E-state index contributed by atoms with van der Waals surface area (Å²) < 4.78 is 33.2. The summed E-state index contributed by atoms with van der Waals surface area (Å²) in [6.45, 7) is 1.42. The summed E-state index contributed by atoms with van der Waals surface area (Å²) in [6.07, 6.45) is 6.70. The van der Waals surface area contributed by atoms with Gasteiger partial charge in [0.25, 0.3) is 5.91 Å². The average Bonchev–Trinajstić information content (AvgIpc) is 3.84. The van der Waals surface area contributed by atoms with Gasteiger partial charge in [0.05, 0.1) is 17.1 Å². The molecule has 1 aromatic carbocycles. The van der Waals surface area contributed by atoms with Crippen molar-refractivity contribution < 1.29 is 32.3 Å². The molecule has 2 N–H and O–H groups in total. The van der Waals surface area contributed by atoms with E-state index in [1.54, 1.807) is 16.8 Å². The molecular weight excluding hydrogens is 560 g/mol. The number of benzene rings is 1. The Bertz CT molecular complexity index is 1400. The van der Waals surface area contributed by atoms with Gasteiger partial charge >= 0.3 is 6.09 Å². The zero-order valence-electron chi connectivity index (χ0n) is 23.8. The monoisotopic (exact) mass is 598 g/mol. The van der Waals surface area contributed by atoms with E-state index in [0.717, 1.165) is 30.4 Å². The quantitative estimate of drug-likeness (QED) is 0.506. The zero-order chi connectivity index (χ0) is 29.6. The Hall–Kier alpha value is -3.41. The fraction of sp³-hybridized carbons (Fsp3) is 0.600. The third kappa shape index (κ3) is 5.65. The van der Waals surface area contributed by atoms with Gasteiger partial charge in [-0.1, -0.05) is 36.4 Å². The lowest BCUT2D eigenvalue weighted by Crippen LogP contribution is -2.54. The van der Waals surface area contributed by atoms with Gasteiger partial charge in [-0.15, -0.1) is 0 Å². The van der Waals surface area contributed by atoms with Crippen LogP contribution in [0.2, 0.25) is 0 Å². The second-order valence-electron chi connectivity index (χ2n) is 12.4. The van der Waals surface area contributed by atoms with Gasteiger partial charge in [0.15, 0.2) is 0 Å². The van der Waals surface area contributed by atoms with Gasteiger partial charge in [-0.2, -0.15) is 0 Å². The minimum Gasteiger partial charge on any atom is -0.446 e. The smallest absolute Gasteiger partial charge is 0.410 e. The predicted octanol–water partition coefficient (Wildman–Crippen LogP) is 2.22. The van der Waals surface area contributed by atoms with E-state index in [0.29, 0.717) is 32.5 Å². The van der Waals surface area contributed by atoms with E-state index in [4.69, 9.17) is 4.74 Å². The Morgan fingerprint density at radius 1 is 1.05 bits per heavy atom. The molecule has 3 aliphatic carbocycles. The molecule has 0 bridgehead atoms. The van der Waals surface area contributed by atoms with Crippen LogP contribution in [0.5, 0.6) is 0 Å². The molecule has 3 saturated carbocycles. The first-order valence-electron chi connectivity index (χ1n) is 14.9. The lowest BCUT2D eigenvalue weighted by Gasteiger charge is -2.26. The molecule has 1 aromatic rings. The number of nitrogens with zero attached hydrogens (tertiary/aromatic N) is 2. The molecule has 0 saturated heterocycles. The van der Waals surface area contributed by atoms with Crippen molar-refractivity contribution in [3.63, 3.8) is 0 Å². The molecule has 226 valence electrons. The molecule has 5 aliphatic rings. The van der Waals surface area contributed by atoms with E-state index in [2.05, 4.69) is 10.0 Å². The highest BCUT2D eigenvalue weighted by atomic mass is 32.2. The van der Waals surface area contributed by atoms with Crippen LogP contribution in [0.3, 0.4) is 0 Å². The van der Waals surface area contributed by atoms with Gasteiger partial charge in [0.2, 0.25) is 21.8 Å². The number of sulfonamides is 1. The Labute approximate surface area is 246 Å². The van der Waals surface area contributed by atoms with Crippen molar-refractivity contribution in [2.24, 2.45) is 17.8 Å². The van der Waals surface area contributed by atoms with Gasteiger partial charge < -0.3 is 15.0 Å². The van der Waals surface area contributed by atoms with Gasteiger partial charge in [0, 0.05) is 32.6 Å². The number of nitrogens with one attached hydrogen (secondary N) is 2. The SMILES string of the molecule is CN1CCCC/C=C/C2CC2(C(=O)NS(=O)(=O)C2CC2)NC(=O)C2CC(OC(=O)N3Cc4ccccc4C3)CC2C1=O. The van der Waals surface area contributed by atoms with E-state index >= 15 is 0 Å². The molecule has 5 atom stereocenters. The topological polar surface area (TPSA) is 142 Å². The third-order valence-electron chi connectivity index (χ3n) is 9.36. The molecule has 12 heteroatoms. The number of allylic oxidation sites excluding steroid dienone is 1. The number of ether oxygens (including phenoxy) is 1. The van der Waals surface area contributed by atoms with E-state index in [1.807, 2.05) is 36.4 Å². The minimum absolute atomic E-state index is 0.140. The molecule has 2 aliphatic heterocycles. The van der Waals surface area contributed by atoms with Crippen molar-refractivity contribution in [3.8, 4) is 0 Å². The Morgan fingerprint density at radius 3 is 2.43 bits per heavy atom. The molecule has 0 aromatic heterocycles. The van der Waals surface area contributed by atoms with Crippen LogP contribution in [0.25, 0.3) is 0 Å². The van der Waals surface area contributed by atoms with Crippen LogP contribution < -0.4 is 10.0 Å². The number of rotatable bonds is 4. The minimum atomic E-state index is -3.81. The molecule has 0 radical (unpaired) electrons. The highest BCUT2D eigenvalue weighted by Crippen LogP contribution is 2.47. The molecule has 4 amide bonds. The predicted molar refractivity (Wildman–Crippen MR) is 152 cm³/mol. The summed E-state index contributed by atoms with van der Waals surface area (Å²) >= 11 is 0. The average molecular weight is 599 g/mol. The van der Waals surface area contributed by atoms with Gasteiger partial charge in [-0.25, -0.2) is 13.2 Å². The molecule has 5 unspecified atom stereocenters. The van der Waals surface area contributed by atoms with E-state index in [9.17, 15) is 27.6 Å².